The van der Waals surface area contributed by atoms with Gasteiger partial charge in [0.25, 0.3) is 5.91 Å². The molecule has 0 heterocycles. The Morgan fingerprint density at radius 1 is 1.22 bits per heavy atom. The van der Waals surface area contributed by atoms with Gasteiger partial charge in [-0.05, 0) is 49.3 Å². The van der Waals surface area contributed by atoms with Gasteiger partial charge < -0.3 is 5.32 Å². The molecule has 1 N–H and O–H groups in total. The molecule has 1 fully saturated rings. The van der Waals surface area contributed by atoms with Crippen molar-refractivity contribution in [2.75, 3.05) is 0 Å². The highest BCUT2D eigenvalue weighted by Crippen LogP contribution is 2.23. The number of alkyl halides is 1. The zero-order chi connectivity index (χ0) is 13.0. The van der Waals surface area contributed by atoms with E-state index in [4.69, 9.17) is 11.6 Å². The number of carbonyl (C=O) groups is 1. The molecule has 2 nitrogen and oxygen atoms in total. The van der Waals surface area contributed by atoms with E-state index in [0.29, 0.717) is 11.9 Å². The molecular weight excluding hydrogens is 246 g/mol. The molecule has 0 atom stereocenters. The van der Waals surface area contributed by atoms with Gasteiger partial charge in [-0.15, -0.1) is 11.6 Å². The van der Waals surface area contributed by atoms with E-state index in [0.717, 1.165) is 29.9 Å². The third kappa shape index (κ3) is 3.49. The zero-order valence-electron chi connectivity index (χ0n) is 10.8. The van der Waals surface area contributed by atoms with Gasteiger partial charge in [-0.2, -0.15) is 0 Å². The number of rotatable bonds is 3. The Morgan fingerprint density at radius 3 is 2.39 bits per heavy atom. The maximum atomic E-state index is 12.0. The minimum absolute atomic E-state index is 0.0377. The fourth-order valence-corrected chi connectivity index (χ4v) is 2.60. The van der Waals surface area contributed by atoms with Gasteiger partial charge in [-0.25, -0.2) is 0 Å². The predicted molar refractivity (Wildman–Crippen MR) is 74.9 cm³/mol. The molecule has 1 aromatic carbocycles. The van der Waals surface area contributed by atoms with Crippen LogP contribution in [0.3, 0.4) is 0 Å². The summed E-state index contributed by atoms with van der Waals surface area (Å²) in [7, 11) is 0. The fourth-order valence-electron chi connectivity index (χ4n) is 2.42. The number of hydrogen-bond acceptors (Lipinski definition) is 1. The van der Waals surface area contributed by atoms with Crippen LogP contribution in [0.2, 0.25) is 0 Å². The van der Waals surface area contributed by atoms with Gasteiger partial charge in [0.15, 0.2) is 0 Å². The molecule has 1 aliphatic rings. The van der Waals surface area contributed by atoms with Crippen molar-refractivity contribution < 1.29 is 4.79 Å². The average molecular weight is 266 g/mol. The summed E-state index contributed by atoms with van der Waals surface area (Å²) in [6.45, 7) is 2.28. The maximum Gasteiger partial charge on any atom is 0.251 e. The molecule has 0 aromatic heterocycles. The second-order valence-electron chi connectivity index (χ2n) is 5.26. The van der Waals surface area contributed by atoms with Gasteiger partial charge in [0, 0.05) is 17.5 Å². The van der Waals surface area contributed by atoms with E-state index in [-0.39, 0.29) is 5.91 Å². The summed E-state index contributed by atoms with van der Waals surface area (Å²) in [5.74, 6) is 1.33. The molecule has 0 bridgehead atoms. The highest BCUT2D eigenvalue weighted by Gasteiger charge is 2.20. The number of benzene rings is 1. The lowest BCUT2D eigenvalue weighted by atomic mass is 9.87. The van der Waals surface area contributed by atoms with Gasteiger partial charge in [0.05, 0.1) is 0 Å². The maximum absolute atomic E-state index is 12.0. The van der Waals surface area contributed by atoms with E-state index in [2.05, 4.69) is 12.2 Å². The van der Waals surface area contributed by atoms with E-state index >= 15 is 0 Å². The van der Waals surface area contributed by atoms with Crippen LogP contribution in [0.1, 0.15) is 48.5 Å². The Morgan fingerprint density at radius 2 is 1.83 bits per heavy atom. The number of amides is 1. The zero-order valence-corrected chi connectivity index (χ0v) is 11.5. The predicted octanol–water partition coefficient (Wildman–Crippen LogP) is 3.73. The molecular formula is C15H20ClNO. The largest absolute Gasteiger partial charge is 0.349 e. The molecule has 0 unspecified atom stereocenters. The second-order valence-corrected chi connectivity index (χ2v) is 5.53. The number of carbonyl (C=O) groups excluding carboxylic acids is 1. The van der Waals surface area contributed by atoms with Crippen molar-refractivity contribution in [3.05, 3.63) is 35.4 Å². The van der Waals surface area contributed by atoms with Crippen LogP contribution in [-0.4, -0.2) is 11.9 Å². The minimum Gasteiger partial charge on any atom is -0.349 e. The van der Waals surface area contributed by atoms with Crippen molar-refractivity contribution in [2.24, 2.45) is 5.92 Å². The van der Waals surface area contributed by atoms with Gasteiger partial charge in [0.1, 0.15) is 0 Å². The minimum atomic E-state index is 0.0377. The van der Waals surface area contributed by atoms with Crippen LogP contribution >= 0.6 is 11.6 Å². The lowest BCUT2D eigenvalue weighted by Crippen LogP contribution is -2.37. The SMILES string of the molecule is CC1CCC(NC(=O)c2ccc(CCl)cc2)CC1. The molecule has 0 spiro atoms. The molecule has 0 radical (unpaired) electrons. The molecule has 0 aliphatic heterocycles. The van der Waals surface area contributed by atoms with Crippen molar-refractivity contribution in [3.8, 4) is 0 Å². The topological polar surface area (TPSA) is 29.1 Å². The second kappa shape index (κ2) is 6.24. The molecule has 1 amide bonds. The van der Waals surface area contributed by atoms with Crippen LogP contribution in [0.15, 0.2) is 24.3 Å². The Kier molecular flexibility index (Phi) is 4.65. The van der Waals surface area contributed by atoms with Crippen LogP contribution < -0.4 is 5.32 Å². The number of halogens is 1. The third-order valence-corrected chi connectivity index (χ3v) is 4.03. The molecule has 1 saturated carbocycles. The summed E-state index contributed by atoms with van der Waals surface area (Å²) in [5.41, 5.74) is 1.77. The first kappa shape index (κ1) is 13.4. The highest BCUT2D eigenvalue weighted by molar-refractivity contribution is 6.17. The number of nitrogens with one attached hydrogen (secondary N) is 1. The van der Waals surface area contributed by atoms with Crippen LogP contribution in [0.25, 0.3) is 0 Å². The van der Waals surface area contributed by atoms with Gasteiger partial charge in [0.2, 0.25) is 0 Å². The van der Waals surface area contributed by atoms with Gasteiger partial charge in [-0.3, -0.25) is 4.79 Å². The first-order chi connectivity index (χ1) is 8.69. The Hall–Kier alpha value is -1.02. The van der Waals surface area contributed by atoms with E-state index in [1.807, 2.05) is 24.3 Å². The third-order valence-electron chi connectivity index (χ3n) is 3.72. The smallest absolute Gasteiger partial charge is 0.251 e. The molecule has 1 aromatic rings. The molecule has 2 rings (SSSR count). The molecule has 1 aliphatic carbocycles. The molecule has 3 heteroatoms. The first-order valence-corrected chi connectivity index (χ1v) is 7.18. The van der Waals surface area contributed by atoms with Crippen LogP contribution in [0, 0.1) is 5.92 Å². The summed E-state index contributed by atoms with van der Waals surface area (Å²) in [4.78, 5) is 12.0. The normalized spacial score (nSPS) is 23.7. The summed E-state index contributed by atoms with van der Waals surface area (Å²) in [5, 5.41) is 3.12. The van der Waals surface area contributed by atoms with E-state index in [9.17, 15) is 4.79 Å². The van der Waals surface area contributed by atoms with Crippen molar-refractivity contribution in [1.29, 1.82) is 0 Å². The van der Waals surface area contributed by atoms with E-state index < -0.39 is 0 Å². The van der Waals surface area contributed by atoms with Gasteiger partial charge in [-0.1, -0.05) is 19.1 Å². The van der Waals surface area contributed by atoms with Crippen LogP contribution in [0.4, 0.5) is 0 Å². The quantitative estimate of drug-likeness (QED) is 0.829. The Balaban J connectivity index is 1.90. The van der Waals surface area contributed by atoms with Crippen LogP contribution in [-0.2, 0) is 5.88 Å². The lowest BCUT2D eigenvalue weighted by Gasteiger charge is -2.26. The monoisotopic (exact) mass is 265 g/mol. The fraction of sp³-hybridized carbons (Fsp3) is 0.533. The number of hydrogen-bond donors (Lipinski definition) is 1. The standard InChI is InChI=1S/C15H20ClNO/c1-11-2-8-14(9-3-11)17-15(18)13-6-4-12(10-16)5-7-13/h4-7,11,14H,2-3,8-10H2,1H3,(H,17,18). The Bertz CT molecular complexity index is 393. The average Bonchev–Trinajstić information content (AvgIpc) is 2.41. The molecule has 98 valence electrons. The van der Waals surface area contributed by atoms with Crippen molar-refractivity contribution in [2.45, 2.75) is 44.5 Å². The summed E-state index contributed by atoms with van der Waals surface area (Å²) in [6, 6.07) is 7.86. The molecule has 18 heavy (non-hydrogen) atoms. The van der Waals surface area contributed by atoms with E-state index in [1.165, 1.54) is 12.8 Å². The summed E-state index contributed by atoms with van der Waals surface area (Å²) >= 11 is 5.73. The van der Waals surface area contributed by atoms with E-state index in [1.54, 1.807) is 0 Å². The summed E-state index contributed by atoms with van der Waals surface area (Å²) in [6.07, 6.45) is 4.64. The van der Waals surface area contributed by atoms with Gasteiger partial charge >= 0.3 is 0 Å². The first-order valence-electron chi connectivity index (χ1n) is 6.65. The molecule has 0 saturated heterocycles. The van der Waals surface area contributed by atoms with Crippen molar-refractivity contribution in [1.82, 2.24) is 5.32 Å². The summed E-state index contributed by atoms with van der Waals surface area (Å²) < 4.78 is 0. The van der Waals surface area contributed by atoms with Crippen molar-refractivity contribution in [3.63, 3.8) is 0 Å². The highest BCUT2D eigenvalue weighted by atomic mass is 35.5. The lowest BCUT2D eigenvalue weighted by molar-refractivity contribution is 0.0923. The van der Waals surface area contributed by atoms with Crippen molar-refractivity contribution >= 4 is 17.5 Å². The van der Waals surface area contributed by atoms with Crippen LogP contribution in [0.5, 0.6) is 0 Å². The Labute approximate surface area is 114 Å².